The van der Waals surface area contributed by atoms with Gasteiger partial charge in [0.1, 0.15) is 0 Å². The molecule has 0 heterocycles. The van der Waals surface area contributed by atoms with Gasteiger partial charge in [-0.3, -0.25) is 0 Å². The topological polar surface area (TPSA) is 108 Å². The molecule has 0 saturated carbocycles. The Bertz CT molecular complexity index is 368. The van der Waals surface area contributed by atoms with Crippen molar-refractivity contribution < 1.29 is 26.6 Å². The molecule has 0 aliphatic carbocycles. The van der Waals surface area contributed by atoms with Crippen molar-refractivity contribution in [3.63, 3.8) is 0 Å². The molecule has 0 radical (unpaired) electrons. The molecule has 0 fully saturated rings. The van der Waals surface area contributed by atoms with E-state index in [-0.39, 0.29) is 6.10 Å². The number of hydrogen-bond donors (Lipinski definition) is 6. The second-order valence-corrected chi connectivity index (χ2v) is 10.9. The third kappa shape index (κ3) is 12.2. The van der Waals surface area contributed by atoms with E-state index in [1.165, 1.54) is 0 Å². The molecule has 6 N–H and O–H groups in total. The molecule has 0 aliphatic rings. The summed E-state index contributed by atoms with van der Waals surface area (Å²) in [6, 6.07) is 0. The Morgan fingerprint density at radius 1 is 0.760 bits per heavy atom. The molecule has 9 nitrogen and oxygen atoms in total. The first-order chi connectivity index (χ1) is 11.9. The van der Waals surface area contributed by atoms with E-state index in [2.05, 4.69) is 29.0 Å². The predicted molar refractivity (Wildman–Crippen MR) is 97.6 cm³/mol. The van der Waals surface area contributed by atoms with Crippen LogP contribution in [0.5, 0.6) is 0 Å². The first kappa shape index (κ1) is 25.2. The molecule has 0 aromatic heterocycles. The Hall–Kier alpha value is 0.194. The van der Waals surface area contributed by atoms with Gasteiger partial charge in [-0.2, -0.15) is 0 Å². The van der Waals surface area contributed by atoms with E-state index < -0.39 is 16.6 Å². The molecule has 25 heavy (non-hydrogen) atoms. The Kier molecular flexibility index (Phi) is 14.4. The van der Waals surface area contributed by atoms with Gasteiger partial charge in [-0.15, -0.1) is 0 Å². The molecule has 0 aliphatic heterocycles. The SMILES string of the molecule is CCNCCN[O][Ti](=[O])([NH]CCNCC)([NH]CCNCC)[O]C(C)C. The number of nitrogens with one attached hydrogen (secondary N) is 6. The Morgan fingerprint density at radius 3 is 1.60 bits per heavy atom. The van der Waals surface area contributed by atoms with Gasteiger partial charge in [-0.25, -0.2) is 0 Å². The van der Waals surface area contributed by atoms with E-state index in [1.54, 1.807) is 0 Å². The molecule has 0 rings (SSSR count). The summed E-state index contributed by atoms with van der Waals surface area (Å²) in [5.74, 6) is 0. The normalized spacial score (nSPS) is 12.9. The predicted octanol–water partition coefficient (Wildman–Crippen LogP) is -0.365. The van der Waals surface area contributed by atoms with Crippen LogP contribution in [0.25, 0.3) is 0 Å². The van der Waals surface area contributed by atoms with Crippen molar-refractivity contribution in [2.45, 2.75) is 40.7 Å². The van der Waals surface area contributed by atoms with Gasteiger partial charge in [0.05, 0.1) is 0 Å². The van der Waals surface area contributed by atoms with Gasteiger partial charge in [-0.1, -0.05) is 0 Å². The monoisotopic (exact) mass is 400 g/mol. The number of likely N-dealkylation sites (N-methyl/N-ethyl adjacent to an activating group) is 3. The van der Waals surface area contributed by atoms with E-state index in [9.17, 15) is 3.32 Å². The van der Waals surface area contributed by atoms with Crippen molar-refractivity contribution in [3.8, 4) is 0 Å². The molecule has 0 amide bonds. The van der Waals surface area contributed by atoms with Crippen molar-refractivity contribution in [1.29, 1.82) is 0 Å². The van der Waals surface area contributed by atoms with E-state index in [0.717, 1.165) is 26.2 Å². The molecule has 0 aromatic carbocycles. The van der Waals surface area contributed by atoms with Crippen LogP contribution in [0, 0.1) is 0 Å². The van der Waals surface area contributed by atoms with Crippen LogP contribution in [0.2, 0.25) is 0 Å². The van der Waals surface area contributed by atoms with Gasteiger partial charge in [0, 0.05) is 0 Å². The summed E-state index contributed by atoms with van der Waals surface area (Å²) in [5, 5.41) is 9.58. The van der Waals surface area contributed by atoms with Crippen LogP contribution in [0.4, 0.5) is 0 Å². The second-order valence-electron chi connectivity index (χ2n) is 6.06. The Morgan fingerprint density at radius 2 is 1.20 bits per heavy atom. The average Bonchev–Trinajstić information content (AvgIpc) is 2.55. The standard InChI is InChI=1S/C4H11N2O.2C4H11N2.C3H7O.O.Ti/c1-2-5-3-4-6-7;2*1-2-6-4-3-5;1-3(2)4;;/h5-6H,2-4H2,1H3;2*5-6H,2-4H2,1H3;3H,1-2H3;;/q4*-1;;+4. The van der Waals surface area contributed by atoms with Gasteiger partial charge in [0.25, 0.3) is 0 Å². The zero-order chi connectivity index (χ0) is 19.0. The summed E-state index contributed by atoms with van der Waals surface area (Å²) in [4.78, 5) is 0. The quantitative estimate of drug-likeness (QED) is 0.104. The first-order valence-corrected chi connectivity index (χ1v) is 13.0. The van der Waals surface area contributed by atoms with Crippen LogP contribution in [0.15, 0.2) is 0 Å². The van der Waals surface area contributed by atoms with Crippen molar-refractivity contribution in [2.75, 3.05) is 58.9 Å². The summed E-state index contributed by atoms with van der Waals surface area (Å²) < 4.78 is 31.5. The number of hydroxylamine groups is 1. The van der Waals surface area contributed by atoms with E-state index in [1.807, 2.05) is 34.6 Å². The summed E-state index contributed by atoms with van der Waals surface area (Å²) >= 11 is -5.28. The molecule has 0 saturated heterocycles. The molecule has 0 spiro atoms. The van der Waals surface area contributed by atoms with Crippen molar-refractivity contribution >= 4 is 0 Å². The Balaban J connectivity index is 4.94. The third-order valence-corrected chi connectivity index (χ3v) is 8.22. The van der Waals surface area contributed by atoms with Crippen molar-refractivity contribution in [3.05, 3.63) is 0 Å². The van der Waals surface area contributed by atoms with Gasteiger partial charge in [0.15, 0.2) is 0 Å². The zero-order valence-corrected chi connectivity index (χ0v) is 18.2. The van der Waals surface area contributed by atoms with Crippen molar-refractivity contribution in [1.82, 2.24) is 29.0 Å². The van der Waals surface area contributed by atoms with Crippen molar-refractivity contribution in [2.24, 2.45) is 0 Å². The van der Waals surface area contributed by atoms with Gasteiger partial charge in [-0.05, 0) is 0 Å². The fourth-order valence-electron chi connectivity index (χ4n) is 2.26. The minimum atomic E-state index is -5.28. The van der Waals surface area contributed by atoms with Crippen LogP contribution in [-0.4, -0.2) is 65.0 Å². The van der Waals surface area contributed by atoms with Gasteiger partial charge >= 0.3 is 155 Å². The zero-order valence-electron chi connectivity index (χ0n) is 16.7. The summed E-state index contributed by atoms with van der Waals surface area (Å²) in [6.07, 6.45) is -0.247. The fourth-order valence-corrected chi connectivity index (χ4v) is 6.65. The third-order valence-electron chi connectivity index (χ3n) is 3.32. The molecule has 0 bridgehead atoms. The van der Waals surface area contributed by atoms with E-state index in [0.29, 0.717) is 32.7 Å². The molecule has 10 heteroatoms. The van der Waals surface area contributed by atoms with Crippen LogP contribution < -0.4 is 29.0 Å². The fraction of sp³-hybridized carbons (Fsp3) is 1.00. The van der Waals surface area contributed by atoms with E-state index in [4.69, 9.17) is 6.74 Å². The van der Waals surface area contributed by atoms with Crippen LogP contribution in [0.1, 0.15) is 34.6 Å². The Labute approximate surface area is 155 Å². The van der Waals surface area contributed by atoms with Gasteiger partial charge < -0.3 is 0 Å². The maximum absolute atomic E-state index is 13.8. The molecular weight excluding hydrogens is 360 g/mol. The van der Waals surface area contributed by atoms with Crippen LogP contribution in [-0.2, 0) is 26.6 Å². The average molecular weight is 400 g/mol. The van der Waals surface area contributed by atoms with Crippen LogP contribution in [0.3, 0.4) is 0 Å². The van der Waals surface area contributed by atoms with E-state index >= 15 is 0 Å². The maximum atomic E-state index is 13.8. The number of rotatable bonds is 18. The van der Waals surface area contributed by atoms with Gasteiger partial charge in [0.2, 0.25) is 0 Å². The molecule has 0 unspecified atom stereocenters. The second kappa shape index (κ2) is 14.3. The minimum absolute atomic E-state index is 0.247. The van der Waals surface area contributed by atoms with Crippen LogP contribution >= 0.6 is 0 Å². The summed E-state index contributed by atoms with van der Waals surface area (Å²) in [5.41, 5.74) is 2.81. The molecular formula is C15H40N6O3Ti. The summed E-state index contributed by atoms with van der Waals surface area (Å²) in [7, 11) is 0. The first-order valence-electron chi connectivity index (χ1n) is 9.51. The molecule has 0 aromatic rings. The summed E-state index contributed by atoms with van der Waals surface area (Å²) in [6.45, 7) is 15.9. The molecule has 152 valence electrons. The molecule has 0 atom stereocenters. The number of hydrogen-bond acceptors (Lipinski definition) is 7.